The molecule has 0 aliphatic heterocycles. The fraction of sp³-hybridized carbons (Fsp3) is 0.333. The highest BCUT2D eigenvalue weighted by atomic mass is 16.4. The molecule has 7 heteroatoms. The van der Waals surface area contributed by atoms with Crippen molar-refractivity contribution in [1.29, 1.82) is 0 Å². The molecule has 7 nitrogen and oxygen atoms in total. The van der Waals surface area contributed by atoms with E-state index in [-0.39, 0.29) is 0 Å². The topological polar surface area (TPSA) is 72.9 Å². The normalized spacial score (nSPS) is 14.2. The zero-order chi connectivity index (χ0) is 14.9. The lowest BCUT2D eigenvalue weighted by molar-refractivity contribution is 0.490. The van der Waals surface area contributed by atoms with E-state index in [4.69, 9.17) is 4.42 Å². The van der Waals surface area contributed by atoms with Gasteiger partial charge in [-0.1, -0.05) is 28.5 Å². The Balaban J connectivity index is 1.47. The molecule has 0 bridgehead atoms. The molecule has 4 rings (SSSR count). The largest absolute Gasteiger partial charge is 0.408 e. The third kappa shape index (κ3) is 2.57. The first-order valence-electron chi connectivity index (χ1n) is 7.31. The molecule has 1 aromatic carbocycles. The fourth-order valence-corrected chi connectivity index (χ4v) is 2.26. The second-order valence-electron chi connectivity index (χ2n) is 5.54. The van der Waals surface area contributed by atoms with Crippen molar-refractivity contribution in [2.45, 2.75) is 25.3 Å². The lowest BCUT2D eigenvalue weighted by Gasteiger charge is -2.10. The van der Waals surface area contributed by atoms with Gasteiger partial charge in [-0.2, -0.15) is 0 Å². The second kappa shape index (κ2) is 5.25. The number of hydrogen-bond acceptors (Lipinski definition) is 6. The average molecular weight is 296 g/mol. The van der Waals surface area contributed by atoms with Gasteiger partial charge in [0, 0.05) is 13.0 Å². The predicted octanol–water partition coefficient (Wildman–Crippen LogP) is 2.16. The Labute approximate surface area is 127 Å². The Morgan fingerprint density at radius 1 is 1.18 bits per heavy atom. The van der Waals surface area contributed by atoms with E-state index in [2.05, 4.69) is 20.5 Å². The summed E-state index contributed by atoms with van der Waals surface area (Å²) in [5.41, 5.74) is 1.83. The molecule has 0 N–H and O–H groups in total. The summed E-state index contributed by atoms with van der Waals surface area (Å²) in [5.74, 6) is 1.21. The van der Waals surface area contributed by atoms with Crippen molar-refractivity contribution in [3.8, 4) is 5.69 Å². The quantitative estimate of drug-likeness (QED) is 0.718. The van der Waals surface area contributed by atoms with Crippen molar-refractivity contribution in [3.05, 3.63) is 48.1 Å². The summed E-state index contributed by atoms with van der Waals surface area (Å²) in [6, 6.07) is 10.4. The fourth-order valence-electron chi connectivity index (χ4n) is 2.26. The maximum absolute atomic E-state index is 5.68. The van der Waals surface area contributed by atoms with Crippen LogP contribution in [0.3, 0.4) is 0 Å². The van der Waals surface area contributed by atoms with E-state index < -0.39 is 0 Å². The monoisotopic (exact) mass is 296 g/mol. The molecule has 1 aliphatic rings. The summed E-state index contributed by atoms with van der Waals surface area (Å²) in [4.78, 5) is 1.89. The van der Waals surface area contributed by atoms with Crippen molar-refractivity contribution in [2.24, 2.45) is 0 Å². The molecule has 0 spiro atoms. The van der Waals surface area contributed by atoms with Crippen molar-refractivity contribution < 1.29 is 4.42 Å². The van der Waals surface area contributed by atoms with Crippen LogP contribution in [0.5, 0.6) is 0 Å². The number of para-hydroxylation sites is 1. The van der Waals surface area contributed by atoms with Crippen LogP contribution in [0.1, 0.15) is 30.3 Å². The minimum Gasteiger partial charge on any atom is -0.408 e. The molecule has 1 aliphatic carbocycles. The summed E-state index contributed by atoms with van der Waals surface area (Å²) in [5, 5.41) is 16.5. The molecule has 112 valence electrons. The van der Waals surface area contributed by atoms with E-state index >= 15 is 0 Å². The first kappa shape index (κ1) is 13.0. The van der Waals surface area contributed by atoms with Crippen molar-refractivity contribution in [1.82, 2.24) is 25.2 Å². The molecule has 22 heavy (non-hydrogen) atoms. The predicted molar refractivity (Wildman–Crippen MR) is 79.7 cm³/mol. The van der Waals surface area contributed by atoms with E-state index in [1.807, 2.05) is 48.5 Å². The highest BCUT2D eigenvalue weighted by Gasteiger charge is 2.29. The summed E-state index contributed by atoms with van der Waals surface area (Å²) < 4.78 is 7.44. The zero-order valence-electron chi connectivity index (χ0n) is 12.3. The summed E-state index contributed by atoms with van der Waals surface area (Å²) >= 11 is 0. The van der Waals surface area contributed by atoms with E-state index in [0.717, 1.165) is 30.1 Å². The molecule has 1 saturated carbocycles. The lowest BCUT2D eigenvalue weighted by Crippen LogP contribution is -2.17. The van der Waals surface area contributed by atoms with Gasteiger partial charge in [-0.15, -0.1) is 10.2 Å². The molecule has 3 aromatic rings. The van der Waals surface area contributed by atoms with Crippen LogP contribution in [0.2, 0.25) is 0 Å². The second-order valence-corrected chi connectivity index (χ2v) is 5.54. The maximum Gasteiger partial charge on any atom is 0.318 e. The molecule has 1 fully saturated rings. The Morgan fingerprint density at radius 3 is 2.77 bits per heavy atom. The SMILES string of the molecule is CN(Cc1cn(-c2ccccc2)nn1)c1nnc(C2CC2)o1. The van der Waals surface area contributed by atoms with E-state index in [1.165, 1.54) is 0 Å². The smallest absolute Gasteiger partial charge is 0.318 e. The zero-order valence-corrected chi connectivity index (χ0v) is 12.3. The van der Waals surface area contributed by atoms with E-state index in [9.17, 15) is 0 Å². The van der Waals surface area contributed by atoms with Gasteiger partial charge in [0.1, 0.15) is 5.69 Å². The van der Waals surface area contributed by atoms with Gasteiger partial charge in [0.25, 0.3) is 0 Å². The average Bonchev–Trinajstić information content (AvgIpc) is 3.10. The van der Waals surface area contributed by atoms with Gasteiger partial charge in [0.05, 0.1) is 18.4 Å². The number of nitrogens with zero attached hydrogens (tertiary/aromatic N) is 6. The third-order valence-electron chi connectivity index (χ3n) is 3.64. The number of aromatic nitrogens is 5. The van der Waals surface area contributed by atoms with Crippen LogP contribution in [-0.2, 0) is 6.54 Å². The van der Waals surface area contributed by atoms with Crippen LogP contribution >= 0.6 is 0 Å². The van der Waals surface area contributed by atoms with Gasteiger partial charge in [-0.3, -0.25) is 0 Å². The standard InChI is InChI=1S/C15H16N6O/c1-20(15-18-17-14(22-15)11-7-8-11)9-12-10-21(19-16-12)13-5-3-2-4-6-13/h2-6,10-11H,7-9H2,1H3. The van der Waals surface area contributed by atoms with Crippen molar-refractivity contribution in [3.63, 3.8) is 0 Å². The van der Waals surface area contributed by atoms with Gasteiger partial charge in [-0.25, -0.2) is 4.68 Å². The molecule has 0 amide bonds. The first-order valence-corrected chi connectivity index (χ1v) is 7.31. The van der Waals surface area contributed by atoms with E-state index in [0.29, 0.717) is 18.5 Å². The number of anilines is 1. The lowest BCUT2D eigenvalue weighted by atomic mass is 10.3. The summed E-state index contributed by atoms with van der Waals surface area (Å²) in [7, 11) is 1.91. The third-order valence-corrected chi connectivity index (χ3v) is 3.64. The number of benzene rings is 1. The molecule has 2 aromatic heterocycles. The van der Waals surface area contributed by atoms with Gasteiger partial charge in [0.2, 0.25) is 5.89 Å². The minimum atomic E-state index is 0.466. The molecular weight excluding hydrogens is 280 g/mol. The van der Waals surface area contributed by atoms with Crippen molar-refractivity contribution in [2.75, 3.05) is 11.9 Å². The molecular formula is C15H16N6O. The minimum absolute atomic E-state index is 0.466. The maximum atomic E-state index is 5.68. The van der Waals surface area contributed by atoms with Gasteiger partial charge < -0.3 is 9.32 Å². The van der Waals surface area contributed by atoms with Crippen LogP contribution in [0, 0.1) is 0 Å². The first-order chi connectivity index (χ1) is 10.8. The van der Waals surface area contributed by atoms with Crippen LogP contribution in [0.15, 0.2) is 40.9 Å². The highest BCUT2D eigenvalue weighted by Crippen LogP contribution is 2.39. The van der Waals surface area contributed by atoms with Crippen LogP contribution in [0.25, 0.3) is 5.69 Å². The summed E-state index contributed by atoms with van der Waals surface area (Å²) in [6.45, 7) is 0.569. The Bertz CT molecular complexity index is 761. The molecule has 0 unspecified atom stereocenters. The Morgan fingerprint density at radius 2 is 2.00 bits per heavy atom. The van der Waals surface area contributed by atoms with Crippen LogP contribution in [-0.4, -0.2) is 32.2 Å². The molecule has 0 atom stereocenters. The highest BCUT2D eigenvalue weighted by molar-refractivity contribution is 5.31. The van der Waals surface area contributed by atoms with Gasteiger partial charge in [-0.05, 0) is 25.0 Å². The molecule has 0 radical (unpaired) electrons. The van der Waals surface area contributed by atoms with Gasteiger partial charge >= 0.3 is 6.01 Å². The Hall–Kier alpha value is -2.70. The Kier molecular flexibility index (Phi) is 3.10. The molecule has 0 saturated heterocycles. The summed E-state index contributed by atoms with van der Waals surface area (Å²) in [6.07, 6.45) is 4.21. The van der Waals surface area contributed by atoms with Crippen LogP contribution in [0.4, 0.5) is 6.01 Å². The number of hydrogen-bond donors (Lipinski definition) is 0. The van der Waals surface area contributed by atoms with Crippen LogP contribution < -0.4 is 4.90 Å². The molecule has 2 heterocycles. The van der Waals surface area contributed by atoms with Crippen molar-refractivity contribution >= 4 is 6.01 Å². The van der Waals surface area contributed by atoms with Gasteiger partial charge in [0.15, 0.2) is 0 Å². The number of rotatable bonds is 5. The van der Waals surface area contributed by atoms with E-state index in [1.54, 1.807) is 4.68 Å².